The van der Waals surface area contributed by atoms with Crippen molar-refractivity contribution >= 4 is 101 Å². The van der Waals surface area contributed by atoms with Gasteiger partial charge in [0.15, 0.2) is 28.6 Å². The molecule has 17 nitrogen and oxygen atoms in total. The predicted molar refractivity (Wildman–Crippen MR) is 261 cm³/mol. The first-order chi connectivity index (χ1) is 30.6. The maximum atomic E-state index is 12.0. The smallest absolute Gasteiger partial charge is 0.357 e. The zero-order valence-corrected chi connectivity index (χ0v) is 42.6. The Balaban J connectivity index is 0.000000192. The van der Waals surface area contributed by atoms with Gasteiger partial charge in [-0.25, -0.2) is 34.7 Å². The van der Waals surface area contributed by atoms with E-state index in [0.29, 0.717) is 42.9 Å². The molecular formula is C41H52N12O5S4Si2. The fourth-order valence-corrected chi connectivity index (χ4v) is 10.5. The van der Waals surface area contributed by atoms with Gasteiger partial charge in [0, 0.05) is 71.0 Å². The maximum Gasteiger partial charge on any atom is 0.357 e. The van der Waals surface area contributed by atoms with E-state index in [0.717, 1.165) is 60.5 Å². The van der Waals surface area contributed by atoms with Gasteiger partial charge in [-0.15, -0.1) is 22.7 Å². The molecule has 0 radical (unpaired) electrons. The number of carbonyl (C=O) groups excluding carboxylic acids is 1. The first-order valence-electron chi connectivity index (χ1n) is 20.4. The number of hydrogen-bond donors (Lipinski definition) is 1. The van der Waals surface area contributed by atoms with E-state index in [1.807, 2.05) is 67.9 Å². The van der Waals surface area contributed by atoms with Gasteiger partial charge in [-0.2, -0.15) is 8.75 Å². The second-order valence-electron chi connectivity index (χ2n) is 17.2. The largest absolute Gasteiger partial charge is 0.464 e. The van der Waals surface area contributed by atoms with Crippen LogP contribution in [0.2, 0.25) is 51.4 Å². The molecule has 0 aliphatic rings. The minimum absolute atomic E-state index is 0.102. The molecule has 0 saturated carbocycles. The molecule has 0 fully saturated rings. The molecule has 0 unspecified atom stereocenters. The van der Waals surface area contributed by atoms with E-state index in [1.54, 1.807) is 47.3 Å². The number of nitrogens with zero attached hydrogens (tertiary/aromatic N) is 12. The zero-order chi connectivity index (χ0) is 45.6. The van der Waals surface area contributed by atoms with Crippen LogP contribution in [0.25, 0.3) is 32.7 Å². The SMILES string of the molecule is COC(=O)c1cc(N(COCC[Si](C)(C)C)c2nc(C)cn3c(-c4nccs4)cnc23)sn1.Cc1cn2c(-c3nccs3)cnc2c(N(COCC[Si](C)(C)C)c2cc(CO)ns2)n1. The number of aryl methyl sites for hydroxylation is 2. The lowest BCUT2D eigenvalue weighted by Gasteiger charge is -2.23. The van der Waals surface area contributed by atoms with E-state index >= 15 is 0 Å². The van der Waals surface area contributed by atoms with Crippen LogP contribution >= 0.6 is 45.7 Å². The van der Waals surface area contributed by atoms with Gasteiger partial charge < -0.3 is 19.3 Å². The van der Waals surface area contributed by atoms with Crippen LogP contribution in [-0.2, 0) is 20.8 Å². The van der Waals surface area contributed by atoms with Crippen molar-refractivity contribution < 1.29 is 24.1 Å². The van der Waals surface area contributed by atoms with Crippen molar-refractivity contribution in [1.29, 1.82) is 0 Å². The molecule has 338 valence electrons. The van der Waals surface area contributed by atoms with E-state index in [4.69, 9.17) is 24.2 Å². The molecule has 0 bridgehead atoms. The van der Waals surface area contributed by atoms with Crippen LogP contribution in [0.5, 0.6) is 0 Å². The normalized spacial score (nSPS) is 11.9. The number of ether oxygens (including phenoxy) is 3. The van der Waals surface area contributed by atoms with E-state index < -0.39 is 22.1 Å². The Kier molecular flexibility index (Phi) is 15.1. The van der Waals surface area contributed by atoms with Crippen LogP contribution in [0.1, 0.15) is 27.6 Å². The summed E-state index contributed by atoms with van der Waals surface area (Å²) in [6.45, 7) is 19.7. The molecule has 8 aromatic rings. The number of carbonyl (C=O) groups is 1. The Hall–Kier alpha value is -4.86. The summed E-state index contributed by atoms with van der Waals surface area (Å²) in [5.41, 5.74) is 5.77. The topological polar surface area (TPSA) is 183 Å². The van der Waals surface area contributed by atoms with E-state index in [2.05, 4.69) is 68.0 Å². The fraction of sp³-hybridized carbons (Fsp3) is 0.390. The Morgan fingerprint density at radius 2 is 1.20 bits per heavy atom. The number of aromatic nitrogens is 10. The number of aliphatic hydroxyl groups excluding tert-OH is 1. The second-order valence-corrected chi connectivity index (χ2v) is 31.8. The van der Waals surface area contributed by atoms with Crippen LogP contribution < -0.4 is 9.80 Å². The summed E-state index contributed by atoms with van der Waals surface area (Å²) in [7, 11) is -1.09. The minimum atomic E-state index is -1.24. The molecule has 0 amide bonds. The summed E-state index contributed by atoms with van der Waals surface area (Å²) in [5.74, 6) is 0.848. The van der Waals surface area contributed by atoms with Gasteiger partial charge in [-0.05, 0) is 55.1 Å². The lowest BCUT2D eigenvalue weighted by atomic mass is 10.4. The van der Waals surface area contributed by atoms with Crippen molar-refractivity contribution in [3.63, 3.8) is 0 Å². The van der Waals surface area contributed by atoms with Crippen molar-refractivity contribution in [2.45, 2.75) is 71.8 Å². The number of rotatable bonds is 18. The quantitative estimate of drug-likeness (QED) is 0.0371. The number of thiazole rings is 2. The standard InChI is InChI=1S/C21H26N6O3S2Si.C20H26N6O2S2Si/c1-14-12-26-16(20-22-6-8-31-20)11-23-18(26)19(24-14)27(13-30-7-9-33(3,4)5)17-10-15(25-32-17)21(28)29-2;1-14-11-25-16(20-21-5-7-29-20)10-22-18(25)19(23-14)26(13-28-6-8-31(2,3)4)17-9-15(12-27)24-30-17/h6,8,10-12H,7,9,13H2,1-5H3;5,7,9-11,27H,6,8,12-13H2,1-4H3. The fourth-order valence-electron chi connectivity index (χ4n) is 6.18. The third-order valence-electron chi connectivity index (χ3n) is 9.57. The van der Waals surface area contributed by atoms with E-state index in [-0.39, 0.29) is 19.0 Å². The van der Waals surface area contributed by atoms with Crippen molar-refractivity contribution in [3.8, 4) is 21.4 Å². The first-order valence-corrected chi connectivity index (χ1v) is 31.2. The molecule has 23 heteroatoms. The Bertz CT molecular complexity index is 2780. The Labute approximate surface area is 389 Å². The summed E-state index contributed by atoms with van der Waals surface area (Å²) in [6.07, 6.45) is 11.1. The molecule has 0 aliphatic carbocycles. The first kappa shape index (κ1) is 47.1. The second kappa shape index (κ2) is 20.5. The molecule has 8 rings (SSSR count). The molecule has 0 saturated heterocycles. The van der Waals surface area contributed by atoms with E-state index in [1.165, 1.54) is 30.2 Å². The molecule has 0 spiro atoms. The summed E-state index contributed by atoms with van der Waals surface area (Å²) in [4.78, 5) is 43.7. The Morgan fingerprint density at radius 3 is 1.62 bits per heavy atom. The molecule has 64 heavy (non-hydrogen) atoms. The van der Waals surface area contributed by atoms with Gasteiger partial charge in [-0.3, -0.25) is 18.6 Å². The van der Waals surface area contributed by atoms with Crippen molar-refractivity contribution in [3.05, 3.63) is 82.8 Å². The number of esters is 1. The molecule has 0 aliphatic heterocycles. The highest BCUT2D eigenvalue weighted by atomic mass is 32.1. The van der Waals surface area contributed by atoms with Crippen LogP contribution in [0.3, 0.4) is 0 Å². The Morgan fingerprint density at radius 1 is 0.719 bits per heavy atom. The van der Waals surface area contributed by atoms with Gasteiger partial charge in [0.1, 0.15) is 44.9 Å². The monoisotopic (exact) mass is 976 g/mol. The highest BCUT2D eigenvalue weighted by Crippen LogP contribution is 2.35. The third kappa shape index (κ3) is 11.5. The van der Waals surface area contributed by atoms with E-state index in [9.17, 15) is 9.90 Å². The molecule has 1 N–H and O–H groups in total. The average Bonchev–Trinajstić information content (AvgIpc) is 4.10. The number of fused-ring (bicyclic) bond motifs is 2. The van der Waals surface area contributed by atoms with Crippen molar-refractivity contribution in [2.24, 2.45) is 0 Å². The van der Waals surface area contributed by atoms with Gasteiger partial charge >= 0.3 is 5.97 Å². The van der Waals surface area contributed by atoms with Crippen LogP contribution in [0.15, 0.2) is 60.1 Å². The van der Waals surface area contributed by atoms with Crippen LogP contribution in [0.4, 0.5) is 21.6 Å². The number of anilines is 4. The van der Waals surface area contributed by atoms with Crippen molar-refractivity contribution in [1.82, 2.24) is 47.5 Å². The molecule has 0 aromatic carbocycles. The highest BCUT2D eigenvalue weighted by Gasteiger charge is 2.25. The highest BCUT2D eigenvalue weighted by molar-refractivity contribution is 7.13. The van der Waals surface area contributed by atoms with Crippen molar-refractivity contribution in [2.75, 3.05) is 43.6 Å². The summed E-state index contributed by atoms with van der Waals surface area (Å²) >= 11 is 5.64. The maximum absolute atomic E-state index is 12.0. The van der Waals surface area contributed by atoms with Crippen LogP contribution in [-0.4, -0.2) is 108 Å². The molecular weight excluding hydrogens is 925 g/mol. The molecule has 0 atom stereocenters. The minimum Gasteiger partial charge on any atom is -0.464 e. The summed E-state index contributed by atoms with van der Waals surface area (Å²) in [5, 5.41) is 16.7. The molecule has 8 aromatic heterocycles. The average molecular weight is 977 g/mol. The lowest BCUT2D eigenvalue weighted by molar-refractivity contribution is 0.0595. The molecule has 8 heterocycles. The van der Waals surface area contributed by atoms with Crippen LogP contribution in [0, 0.1) is 13.8 Å². The number of hydrogen-bond acceptors (Lipinski definition) is 19. The summed E-state index contributed by atoms with van der Waals surface area (Å²) < 4.78 is 29.6. The zero-order valence-electron chi connectivity index (χ0n) is 37.3. The van der Waals surface area contributed by atoms with Gasteiger partial charge in [0.05, 0.1) is 43.2 Å². The predicted octanol–water partition coefficient (Wildman–Crippen LogP) is 9.42. The number of imidazole rings is 2. The lowest BCUT2D eigenvalue weighted by Crippen LogP contribution is -2.26. The third-order valence-corrected chi connectivity index (χ3v) is 16.2. The van der Waals surface area contributed by atoms with Gasteiger partial charge in [-0.1, -0.05) is 39.3 Å². The summed E-state index contributed by atoms with van der Waals surface area (Å²) in [6, 6.07) is 5.70. The number of aliphatic hydroxyl groups is 1. The van der Waals surface area contributed by atoms with Gasteiger partial charge in [0.25, 0.3) is 0 Å². The number of methoxy groups -OCH3 is 1. The van der Waals surface area contributed by atoms with Gasteiger partial charge in [0.2, 0.25) is 0 Å².